The lowest BCUT2D eigenvalue weighted by Crippen LogP contribution is -2.30. The van der Waals surface area contributed by atoms with Crippen LogP contribution in [0.4, 0.5) is 0 Å². The van der Waals surface area contributed by atoms with Crippen LogP contribution in [0.3, 0.4) is 0 Å². The molecule has 0 aliphatic heterocycles. The topological polar surface area (TPSA) is 46.6 Å². The minimum Gasteiger partial charge on any atom is -0.489 e. The SMILES string of the molecule is CCN(CC)S(=O)(=O)c1cccc(COc2ccccc2)c1. The number of rotatable bonds is 7. The lowest BCUT2D eigenvalue weighted by molar-refractivity contribution is 0.306. The number of sulfonamides is 1. The molecular weight excluding hydrogens is 298 g/mol. The first-order valence-electron chi connectivity index (χ1n) is 7.35. The zero-order valence-corrected chi connectivity index (χ0v) is 13.7. The van der Waals surface area contributed by atoms with Gasteiger partial charge < -0.3 is 4.74 Å². The molecule has 5 heteroatoms. The predicted molar refractivity (Wildman–Crippen MR) is 87.3 cm³/mol. The second kappa shape index (κ2) is 7.42. The summed E-state index contributed by atoms with van der Waals surface area (Å²) in [6.45, 7) is 4.94. The van der Waals surface area contributed by atoms with E-state index in [-0.39, 0.29) is 0 Å². The molecule has 0 N–H and O–H groups in total. The highest BCUT2D eigenvalue weighted by Crippen LogP contribution is 2.18. The van der Waals surface area contributed by atoms with Gasteiger partial charge in [-0.3, -0.25) is 0 Å². The molecule has 0 atom stereocenters. The van der Waals surface area contributed by atoms with Gasteiger partial charge in [-0.25, -0.2) is 8.42 Å². The molecule has 0 amide bonds. The summed E-state index contributed by atoms with van der Waals surface area (Å²) in [7, 11) is -3.43. The van der Waals surface area contributed by atoms with Crippen molar-refractivity contribution in [3.8, 4) is 5.75 Å². The van der Waals surface area contributed by atoms with Crippen molar-refractivity contribution in [1.82, 2.24) is 4.31 Å². The Morgan fingerprint density at radius 2 is 1.64 bits per heavy atom. The van der Waals surface area contributed by atoms with Crippen molar-refractivity contribution in [1.29, 1.82) is 0 Å². The van der Waals surface area contributed by atoms with Crippen LogP contribution < -0.4 is 4.74 Å². The van der Waals surface area contributed by atoms with E-state index >= 15 is 0 Å². The van der Waals surface area contributed by atoms with Crippen molar-refractivity contribution in [2.24, 2.45) is 0 Å². The summed E-state index contributed by atoms with van der Waals surface area (Å²) in [4.78, 5) is 0.311. The highest BCUT2D eigenvalue weighted by Gasteiger charge is 2.21. The average molecular weight is 319 g/mol. The molecule has 0 spiro atoms. The van der Waals surface area contributed by atoms with E-state index in [2.05, 4.69) is 0 Å². The fourth-order valence-electron chi connectivity index (χ4n) is 2.19. The van der Waals surface area contributed by atoms with E-state index < -0.39 is 10.0 Å². The summed E-state index contributed by atoms with van der Waals surface area (Å²) in [5.74, 6) is 0.763. The number of para-hydroxylation sites is 1. The van der Waals surface area contributed by atoms with E-state index in [1.807, 2.05) is 50.2 Å². The maximum absolute atomic E-state index is 12.5. The molecule has 22 heavy (non-hydrogen) atoms. The van der Waals surface area contributed by atoms with E-state index in [4.69, 9.17) is 4.74 Å². The van der Waals surface area contributed by atoms with Gasteiger partial charge in [0.2, 0.25) is 10.0 Å². The van der Waals surface area contributed by atoms with Crippen molar-refractivity contribution in [2.75, 3.05) is 13.1 Å². The third kappa shape index (κ3) is 3.87. The van der Waals surface area contributed by atoms with Crippen LogP contribution in [-0.4, -0.2) is 25.8 Å². The van der Waals surface area contributed by atoms with Gasteiger partial charge in [0.05, 0.1) is 4.90 Å². The molecule has 0 aliphatic carbocycles. The van der Waals surface area contributed by atoms with Crippen molar-refractivity contribution in [3.05, 3.63) is 60.2 Å². The zero-order chi connectivity index (χ0) is 16.0. The third-order valence-electron chi connectivity index (χ3n) is 3.39. The first-order chi connectivity index (χ1) is 10.6. The van der Waals surface area contributed by atoms with Gasteiger partial charge in [-0.15, -0.1) is 0 Å². The molecular formula is C17H21NO3S. The summed E-state index contributed by atoms with van der Waals surface area (Å²) in [5.41, 5.74) is 0.831. The Kier molecular flexibility index (Phi) is 5.57. The lowest BCUT2D eigenvalue weighted by Gasteiger charge is -2.18. The van der Waals surface area contributed by atoms with Crippen molar-refractivity contribution < 1.29 is 13.2 Å². The maximum Gasteiger partial charge on any atom is 0.243 e. The second-order valence-electron chi connectivity index (χ2n) is 4.84. The summed E-state index contributed by atoms with van der Waals surface area (Å²) in [6.07, 6.45) is 0. The first-order valence-corrected chi connectivity index (χ1v) is 8.79. The van der Waals surface area contributed by atoms with Gasteiger partial charge in [0.1, 0.15) is 12.4 Å². The van der Waals surface area contributed by atoms with Gasteiger partial charge in [0.15, 0.2) is 0 Å². The van der Waals surface area contributed by atoms with Gasteiger partial charge in [0, 0.05) is 13.1 Å². The van der Waals surface area contributed by atoms with Gasteiger partial charge in [-0.2, -0.15) is 4.31 Å². The van der Waals surface area contributed by atoms with Crippen molar-refractivity contribution in [3.63, 3.8) is 0 Å². The Bertz CT molecular complexity index is 695. The molecule has 0 unspecified atom stereocenters. The van der Waals surface area contributed by atoms with Crippen LogP contribution in [0.1, 0.15) is 19.4 Å². The molecule has 0 saturated heterocycles. The molecule has 0 aliphatic rings. The summed E-state index contributed by atoms with van der Waals surface area (Å²) >= 11 is 0. The van der Waals surface area contributed by atoms with Gasteiger partial charge >= 0.3 is 0 Å². The van der Waals surface area contributed by atoms with Gasteiger partial charge in [-0.1, -0.05) is 44.2 Å². The molecule has 0 saturated carbocycles. The largest absolute Gasteiger partial charge is 0.489 e. The molecule has 0 heterocycles. The molecule has 0 aromatic heterocycles. The van der Waals surface area contributed by atoms with E-state index in [0.29, 0.717) is 24.6 Å². The third-order valence-corrected chi connectivity index (χ3v) is 5.44. The fraction of sp³-hybridized carbons (Fsp3) is 0.294. The molecule has 0 bridgehead atoms. The lowest BCUT2D eigenvalue weighted by atomic mass is 10.2. The van der Waals surface area contributed by atoms with Crippen LogP contribution in [0.25, 0.3) is 0 Å². The fourth-order valence-corrected chi connectivity index (χ4v) is 3.72. The van der Waals surface area contributed by atoms with E-state index in [1.165, 1.54) is 4.31 Å². The molecule has 0 radical (unpaired) electrons. The molecule has 118 valence electrons. The molecule has 4 nitrogen and oxygen atoms in total. The number of hydrogen-bond acceptors (Lipinski definition) is 3. The average Bonchev–Trinajstić information content (AvgIpc) is 2.55. The Hall–Kier alpha value is -1.85. The maximum atomic E-state index is 12.5. The number of nitrogens with zero attached hydrogens (tertiary/aromatic N) is 1. The highest BCUT2D eigenvalue weighted by atomic mass is 32.2. The van der Waals surface area contributed by atoms with E-state index in [0.717, 1.165) is 11.3 Å². The molecule has 2 aromatic carbocycles. The molecule has 0 fully saturated rings. The predicted octanol–water partition coefficient (Wildman–Crippen LogP) is 3.30. The smallest absolute Gasteiger partial charge is 0.243 e. The van der Waals surface area contributed by atoms with Crippen molar-refractivity contribution >= 4 is 10.0 Å². The Balaban J connectivity index is 2.16. The summed E-state index contributed by atoms with van der Waals surface area (Å²) in [6, 6.07) is 16.4. The number of hydrogen-bond donors (Lipinski definition) is 0. The van der Waals surface area contributed by atoms with Gasteiger partial charge in [-0.05, 0) is 29.8 Å². The summed E-state index contributed by atoms with van der Waals surface area (Å²) < 4.78 is 32.1. The first kappa shape index (κ1) is 16.5. The Labute approximate surface area is 132 Å². The van der Waals surface area contributed by atoms with Crippen LogP contribution in [0.5, 0.6) is 5.75 Å². The van der Waals surface area contributed by atoms with Crippen LogP contribution in [-0.2, 0) is 16.6 Å². The monoisotopic (exact) mass is 319 g/mol. The Morgan fingerprint density at radius 3 is 2.27 bits per heavy atom. The van der Waals surface area contributed by atoms with Crippen LogP contribution in [0.2, 0.25) is 0 Å². The quantitative estimate of drug-likeness (QED) is 0.786. The molecule has 2 rings (SSSR count). The number of ether oxygens (including phenoxy) is 1. The normalized spacial score (nSPS) is 11.6. The molecule has 2 aromatic rings. The van der Waals surface area contributed by atoms with Gasteiger partial charge in [0.25, 0.3) is 0 Å². The minimum absolute atomic E-state index is 0.311. The Morgan fingerprint density at radius 1 is 0.955 bits per heavy atom. The zero-order valence-electron chi connectivity index (χ0n) is 12.9. The number of benzene rings is 2. The van der Waals surface area contributed by atoms with Crippen molar-refractivity contribution in [2.45, 2.75) is 25.3 Å². The second-order valence-corrected chi connectivity index (χ2v) is 6.78. The standard InChI is InChI=1S/C17H21NO3S/c1-3-18(4-2)22(19,20)17-12-8-9-15(13-17)14-21-16-10-6-5-7-11-16/h5-13H,3-4,14H2,1-2H3. The minimum atomic E-state index is -3.43. The van der Waals surface area contributed by atoms with Crippen LogP contribution in [0.15, 0.2) is 59.5 Å². The highest BCUT2D eigenvalue weighted by molar-refractivity contribution is 7.89. The van der Waals surface area contributed by atoms with E-state index in [9.17, 15) is 8.42 Å². The van der Waals surface area contributed by atoms with Crippen LogP contribution >= 0.6 is 0 Å². The van der Waals surface area contributed by atoms with Crippen LogP contribution in [0, 0.1) is 0 Å². The van der Waals surface area contributed by atoms with E-state index in [1.54, 1.807) is 18.2 Å². The summed E-state index contributed by atoms with van der Waals surface area (Å²) in [5, 5.41) is 0.